The van der Waals surface area contributed by atoms with Crippen molar-refractivity contribution in [1.29, 1.82) is 0 Å². The highest BCUT2D eigenvalue weighted by molar-refractivity contribution is 5.55. The number of anilines is 2. The number of nitrogens with one attached hydrogen (secondary N) is 2. The van der Waals surface area contributed by atoms with E-state index in [0.29, 0.717) is 17.7 Å². The summed E-state index contributed by atoms with van der Waals surface area (Å²) in [5.41, 5.74) is 5.94. The average Bonchev–Trinajstić information content (AvgIpc) is 2.98. The van der Waals surface area contributed by atoms with E-state index in [-0.39, 0.29) is 5.65 Å². The Kier molecular flexibility index (Phi) is 2.75. The van der Waals surface area contributed by atoms with Crippen molar-refractivity contribution in [2.24, 2.45) is 0 Å². The summed E-state index contributed by atoms with van der Waals surface area (Å²) in [6.07, 6.45) is 3.45. The summed E-state index contributed by atoms with van der Waals surface area (Å²) in [7, 11) is 0. The summed E-state index contributed by atoms with van der Waals surface area (Å²) in [5, 5.41) is 10.4. The maximum Gasteiger partial charge on any atom is 0.195 e. The number of hydrogen-bond acceptors (Lipinski definition) is 5. The second-order valence-electron chi connectivity index (χ2n) is 4.47. The number of rotatable bonds is 3. The van der Waals surface area contributed by atoms with Crippen molar-refractivity contribution in [3.05, 3.63) is 18.1 Å². The summed E-state index contributed by atoms with van der Waals surface area (Å²) in [6.45, 7) is 1.82. The van der Waals surface area contributed by atoms with E-state index in [1.54, 1.807) is 6.07 Å². The number of nitrogens with zero attached hydrogens (tertiary/aromatic N) is 3. The van der Waals surface area contributed by atoms with E-state index in [4.69, 9.17) is 5.73 Å². The Morgan fingerprint density at radius 2 is 2.50 bits per heavy atom. The van der Waals surface area contributed by atoms with Crippen molar-refractivity contribution in [3.8, 4) is 0 Å². The van der Waals surface area contributed by atoms with Gasteiger partial charge in [0.1, 0.15) is 11.6 Å². The van der Waals surface area contributed by atoms with E-state index >= 15 is 0 Å². The lowest BCUT2D eigenvalue weighted by Crippen LogP contribution is -2.29. The largest absolute Gasteiger partial charge is 0.383 e. The van der Waals surface area contributed by atoms with Gasteiger partial charge in [-0.15, -0.1) is 0 Å². The fourth-order valence-electron chi connectivity index (χ4n) is 2.21. The molecular weight excluding hydrogens is 235 g/mol. The summed E-state index contributed by atoms with van der Waals surface area (Å²) in [6, 6.07) is 2.10. The summed E-state index contributed by atoms with van der Waals surface area (Å²) >= 11 is 0. The van der Waals surface area contributed by atoms with E-state index in [1.807, 2.05) is 0 Å². The van der Waals surface area contributed by atoms with Crippen molar-refractivity contribution in [2.75, 3.05) is 24.1 Å². The Morgan fingerprint density at radius 3 is 3.28 bits per heavy atom. The molecule has 18 heavy (non-hydrogen) atoms. The van der Waals surface area contributed by atoms with Gasteiger partial charge in [-0.25, -0.2) is 9.37 Å². The van der Waals surface area contributed by atoms with Gasteiger partial charge in [-0.2, -0.15) is 9.61 Å². The molecule has 1 aliphatic rings. The van der Waals surface area contributed by atoms with Gasteiger partial charge in [-0.3, -0.25) is 0 Å². The Balaban J connectivity index is 1.81. The van der Waals surface area contributed by atoms with E-state index < -0.39 is 5.82 Å². The first kappa shape index (κ1) is 11.2. The van der Waals surface area contributed by atoms with Gasteiger partial charge in [0.2, 0.25) is 0 Å². The fourth-order valence-corrected chi connectivity index (χ4v) is 2.21. The van der Waals surface area contributed by atoms with Gasteiger partial charge in [-0.05, 0) is 19.4 Å². The number of nitrogens with two attached hydrogens (primary N) is 1. The average molecular weight is 250 g/mol. The van der Waals surface area contributed by atoms with Gasteiger partial charge >= 0.3 is 0 Å². The Morgan fingerprint density at radius 1 is 1.61 bits per heavy atom. The molecule has 0 aliphatic carbocycles. The first-order chi connectivity index (χ1) is 8.74. The predicted molar refractivity (Wildman–Crippen MR) is 66.9 cm³/mol. The second-order valence-corrected chi connectivity index (χ2v) is 4.47. The molecule has 0 amide bonds. The molecule has 1 unspecified atom stereocenters. The smallest absolute Gasteiger partial charge is 0.195 e. The fraction of sp³-hybridized carbons (Fsp3) is 0.455. The lowest BCUT2D eigenvalue weighted by molar-refractivity contribution is 0.630. The SMILES string of the molecule is Nc1cc(NCC2CCCN2)nc2c(F)cnn12. The van der Waals surface area contributed by atoms with Crippen molar-refractivity contribution in [3.63, 3.8) is 0 Å². The van der Waals surface area contributed by atoms with Crippen LogP contribution in [0.15, 0.2) is 12.3 Å². The zero-order valence-corrected chi connectivity index (χ0v) is 9.86. The van der Waals surface area contributed by atoms with Crippen molar-refractivity contribution in [1.82, 2.24) is 19.9 Å². The number of nitrogen functional groups attached to an aromatic ring is 1. The third-order valence-corrected chi connectivity index (χ3v) is 3.15. The number of aromatic nitrogens is 3. The van der Waals surface area contributed by atoms with Crippen molar-refractivity contribution < 1.29 is 4.39 Å². The molecule has 0 saturated carbocycles. The third-order valence-electron chi connectivity index (χ3n) is 3.15. The summed E-state index contributed by atoms with van der Waals surface area (Å²) < 4.78 is 14.7. The van der Waals surface area contributed by atoms with Crippen LogP contribution in [0.3, 0.4) is 0 Å². The number of fused-ring (bicyclic) bond motifs is 1. The monoisotopic (exact) mass is 250 g/mol. The van der Waals surface area contributed by atoms with Crippen LogP contribution in [0.25, 0.3) is 5.65 Å². The van der Waals surface area contributed by atoms with Crippen LogP contribution in [0, 0.1) is 5.82 Å². The normalized spacial score (nSPS) is 19.5. The van der Waals surface area contributed by atoms with Gasteiger partial charge in [-0.1, -0.05) is 0 Å². The van der Waals surface area contributed by atoms with Crippen LogP contribution in [0.1, 0.15) is 12.8 Å². The number of halogens is 1. The molecule has 0 radical (unpaired) electrons. The molecular formula is C11H15FN6. The molecule has 4 N–H and O–H groups in total. The predicted octanol–water partition coefficient (Wildman–Crippen LogP) is 0.614. The molecule has 3 rings (SSSR count). The molecule has 7 heteroatoms. The van der Waals surface area contributed by atoms with Crippen LogP contribution in [0.4, 0.5) is 16.0 Å². The zero-order valence-electron chi connectivity index (χ0n) is 9.86. The molecule has 1 fully saturated rings. The Hall–Kier alpha value is -1.89. The zero-order chi connectivity index (χ0) is 12.5. The molecule has 0 bridgehead atoms. The lowest BCUT2D eigenvalue weighted by atomic mass is 10.2. The van der Waals surface area contributed by atoms with Crippen molar-refractivity contribution >= 4 is 17.3 Å². The minimum atomic E-state index is -0.468. The van der Waals surface area contributed by atoms with Crippen molar-refractivity contribution in [2.45, 2.75) is 18.9 Å². The topological polar surface area (TPSA) is 80.3 Å². The molecule has 2 aromatic heterocycles. The first-order valence-corrected chi connectivity index (χ1v) is 6.01. The van der Waals surface area contributed by atoms with Crippen LogP contribution in [-0.4, -0.2) is 33.7 Å². The van der Waals surface area contributed by atoms with Crippen LogP contribution in [0.5, 0.6) is 0 Å². The maximum atomic E-state index is 13.4. The van der Waals surface area contributed by atoms with Gasteiger partial charge in [0.25, 0.3) is 0 Å². The molecule has 0 aromatic carbocycles. The van der Waals surface area contributed by atoms with Gasteiger partial charge in [0.05, 0.1) is 6.20 Å². The molecule has 96 valence electrons. The van der Waals surface area contributed by atoms with Crippen LogP contribution in [0.2, 0.25) is 0 Å². The maximum absolute atomic E-state index is 13.4. The van der Waals surface area contributed by atoms with Gasteiger partial charge in [0, 0.05) is 18.7 Å². The van der Waals surface area contributed by atoms with E-state index in [2.05, 4.69) is 20.7 Å². The summed E-state index contributed by atoms with van der Waals surface area (Å²) in [5.74, 6) is 0.475. The second kappa shape index (κ2) is 4.41. The lowest BCUT2D eigenvalue weighted by Gasteiger charge is -2.12. The quantitative estimate of drug-likeness (QED) is 0.744. The van der Waals surface area contributed by atoms with Gasteiger partial charge < -0.3 is 16.4 Å². The molecule has 1 atom stereocenters. The van der Waals surface area contributed by atoms with E-state index in [9.17, 15) is 4.39 Å². The third kappa shape index (κ3) is 1.97. The highest BCUT2D eigenvalue weighted by Gasteiger charge is 2.14. The number of hydrogen-bond donors (Lipinski definition) is 3. The molecule has 3 heterocycles. The Bertz CT molecular complexity index is 560. The molecule has 0 spiro atoms. The molecule has 2 aromatic rings. The minimum absolute atomic E-state index is 0.150. The standard InChI is InChI=1S/C11H15FN6/c12-8-6-16-18-9(13)4-10(17-11(8)18)15-5-7-2-1-3-14-7/h4,6-7,14H,1-3,5,13H2,(H,15,17). The highest BCUT2D eigenvalue weighted by atomic mass is 19.1. The first-order valence-electron chi connectivity index (χ1n) is 6.01. The molecule has 1 saturated heterocycles. The van der Waals surface area contributed by atoms with E-state index in [0.717, 1.165) is 25.7 Å². The highest BCUT2D eigenvalue weighted by Crippen LogP contribution is 2.16. The molecule has 1 aliphatic heterocycles. The van der Waals surface area contributed by atoms with Crippen LogP contribution < -0.4 is 16.4 Å². The summed E-state index contributed by atoms with van der Waals surface area (Å²) in [4.78, 5) is 4.16. The molecule has 6 nitrogen and oxygen atoms in total. The van der Waals surface area contributed by atoms with E-state index in [1.165, 1.54) is 10.9 Å². The van der Waals surface area contributed by atoms with Crippen LogP contribution >= 0.6 is 0 Å². The Labute approximate surface area is 103 Å². The van der Waals surface area contributed by atoms with Gasteiger partial charge in [0.15, 0.2) is 11.5 Å². The minimum Gasteiger partial charge on any atom is -0.383 e. The van der Waals surface area contributed by atoms with Crippen LogP contribution in [-0.2, 0) is 0 Å².